The first-order valence-corrected chi connectivity index (χ1v) is 8.31. The highest BCUT2D eigenvalue weighted by molar-refractivity contribution is 5.91. The summed E-state index contributed by atoms with van der Waals surface area (Å²) in [5.41, 5.74) is 0.508. The molecule has 2 aromatic rings. The largest absolute Gasteiger partial charge is 0.356 e. The van der Waals surface area contributed by atoms with Crippen LogP contribution in [0.15, 0.2) is 24.8 Å². The number of carbonyl (C=O) groups is 1. The minimum atomic E-state index is -0.00976. The van der Waals surface area contributed by atoms with E-state index in [9.17, 15) is 4.79 Å². The Morgan fingerprint density at radius 1 is 1.33 bits per heavy atom. The fourth-order valence-corrected chi connectivity index (χ4v) is 3.15. The summed E-state index contributed by atoms with van der Waals surface area (Å²) in [4.78, 5) is 29.2. The summed E-state index contributed by atoms with van der Waals surface area (Å²) in [5.74, 6) is 2.31. The molecule has 0 radical (unpaired) electrons. The Morgan fingerprint density at radius 2 is 2.08 bits per heavy atom. The van der Waals surface area contributed by atoms with Gasteiger partial charge in [-0.2, -0.15) is 0 Å². The first kappa shape index (κ1) is 16.4. The van der Waals surface area contributed by atoms with Crippen molar-refractivity contribution in [1.29, 1.82) is 0 Å². The second-order valence-electron chi connectivity index (χ2n) is 6.50. The van der Waals surface area contributed by atoms with Gasteiger partial charge < -0.3 is 14.4 Å². The summed E-state index contributed by atoms with van der Waals surface area (Å²) in [6, 6.07) is 1.96. The zero-order valence-corrected chi connectivity index (χ0v) is 14.5. The fraction of sp³-hybridized carbons (Fsp3) is 0.529. The number of anilines is 1. The molecule has 1 aliphatic rings. The van der Waals surface area contributed by atoms with Crippen LogP contribution >= 0.6 is 0 Å². The molecule has 0 atom stereocenters. The van der Waals surface area contributed by atoms with E-state index in [1.54, 1.807) is 22.0 Å². The Kier molecular flexibility index (Phi) is 4.78. The summed E-state index contributed by atoms with van der Waals surface area (Å²) >= 11 is 0. The van der Waals surface area contributed by atoms with Crippen molar-refractivity contribution in [3.63, 3.8) is 0 Å². The van der Waals surface area contributed by atoms with Gasteiger partial charge in [0.1, 0.15) is 17.3 Å². The lowest BCUT2D eigenvalue weighted by molar-refractivity contribution is 0.0759. The summed E-state index contributed by atoms with van der Waals surface area (Å²) in [6.45, 7) is 4.61. The van der Waals surface area contributed by atoms with Crippen molar-refractivity contribution in [3.05, 3.63) is 36.3 Å². The Morgan fingerprint density at radius 3 is 2.71 bits per heavy atom. The van der Waals surface area contributed by atoms with Crippen LogP contribution in [0, 0.1) is 12.8 Å². The molecule has 1 amide bonds. The summed E-state index contributed by atoms with van der Waals surface area (Å²) < 4.78 is 1.79. The second-order valence-corrected chi connectivity index (χ2v) is 6.50. The number of carbonyl (C=O) groups excluding carboxylic acids is 1. The van der Waals surface area contributed by atoms with Crippen LogP contribution in [0.4, 0.5) is 5.82 Å². The van der Waals surface area contributed by atoms with E-state index >= 15 is 0 Å². The Bertz CT molecular complexity index is 705. The second kappa shape index (κ2) is 6.98. The summed E-state index contributed by atoms with van der Waals surface area (Å²) in [7, 11) is 3.73. The monoisotopic (exact) mass is 328 g/mol. The third-order valence-corrected chi connectivity index (χ3v) is 4.50. The number of aryl methyl sites for hydroxylation is 2. The lowest BCUT2D eigenvalue weighted by Gasteiger charge is -2.34. The van der Waals surface area contributed by atoms with E-state index in [0.29, 0.717) is 11.6 Å². The van der Waals surface area contributed by atoms with Gasteiger partial charge in [0, 0.05) is 46.1 Å². The van der Waals surface area contributed by atoms with Crippen molar-refractivity contribution in [2.24, 2.45) is 13.0 Å². The van der Waals surface area contributed by atoms with Crippen LogP contribution in [0.1, 0.15) is 29.2 Å². The number of rotatable bonds is 4. The maximum Gasteiger partial charge on any atom is 0.273 e. The van der Waals surface area contributed by atoms with E-state index in [1.807, 2.05) is 33.3 Å². The number of aromatic nitrogens is 4. The minimum absolute atomic E-state index is 0.00976. The maximum absolute atomic E-state index is 12.4. The molecule has 0 bridgehead atoms. The molecule has 2 aromatic heterocycles. The fourth-order valence-electron chi connectivity index (χ4n) is 3.15. The van der Waals surface area contributed by atoms with Crippen molar-refractivity contribution >= 4 is 11.7 Å². The van der Waals surface area contributed by atoms with Gasteiger partial charge in [0.2, 0.25) is 0 Å². The van der Waals surface area contributed by atoms with Crippen molar-refractivity contribution in [2.45, 2.75) is 19.8 Å². The number of hydrogen-bond donors (Lipinski definition) is 0. The Balaban J connectivity index is 1.52. The lowest BCUT2D eigenvalue weighted by atomic mass is 9.96. The zero-order valence-electron chi connectivity index (χ0n) is 14.5. The van der Waals surface area contributed by atoms with Crippen molar-refractivity contribution in [1.82, 2.24) is 24.4 Å². The maximum atomic E-state index is 12.4. The van der Waals surface area contributed by atoms with E-state index in [2.05, 4.69) is 19.9 Å². The Hall–Kier alpha value is -2.44. The average Bonchev–Trinajstić information content (AvgIpc) is 3.01. The molecule has 3 heterocycles. The standard InChI is InChI=1S/C17H24N6O/c1-13-18-7-4-16(20-13)23-8-5-14(6-9-23)10-22(3)17(24)15-11-21(2)12-19-15/h4,7,11-12,14H,5-6,8-10H2,1-3H3. The first-order valence-electron chi connectivity index (χ1n) is 8.31. The summed E-state index contributed by atoms with van der Waals surface area (Å²) in [6.07, 6.45) is 7.34. The molecular formula is C17H24N6O. The van der Waals surface area contributed by atoms with Gasteiger partial charge in [-0.3, -0.25) is 4.79 Å². The third kappa shape index (κ3) is 3.72. The van der Waals surface area contributed by atoms with Gasteiger partial charge in [-0.25, -0.2) is 15.0 Å². The number of nitrogens with zero attached hydrogens (tertiary/aromatic N) is 6. The number of hydrogen-bond acceptors (Lipinski definition) is 5. The molecule has 0 saturated carbocycles. The smallest absolute Gasteiger partial charge is 0.273 e. The first-order chi connectivity index (χ1) is 11.5. The van der Waals surface area contributed by atoms with Crippen LogP contribution in [-0.4, -0.2) is 57.0 Å². The van der Waals surface area contributed by atoms with Gasteiger partial charge >= 0.3 is 0 Å². The van der Waals surface area contributed by atoms with Gasteiger partial charge in [0.05, 0.1) is 6.33 Å². The molecule has 0 N–H and O–H groups in total. The van der Waals surface area contributed by atoms with E-state index in [1.165, 1.54) is 0 Å². The average molecular weight is 328 g/mol. The molecule has 1 saturated heterocycles. The number of imidazole rings is 1. The van der Waals surface area contributed by atoms with Crippen LogP contribution < -0.4 is 4.90 Å². The number of piperidine rings is 1. The predicted molar refractivity (Wildman–Crippen MR) is 91.9 cm³/mol. The molecule has 1 fully saturated rings. The van der Waals surface area contributed by atoms with Crippen molar-refractivity contribution < 1.29 is 4.79 Å². The molecular weight excluding hydrogens is 304 g/mol. The third-order valence-electron chi connectivity index (χ3n) is 4.50. The zero-order chi connectivity index (χ0) is 17.1. The highest BCUT2D eigenvalue weighted by Gasteiger charge is 2.24. The molecule has 3 rings (SSSR count). The van der Waals surface area contributed by atoms with Crippen LogP contribution in [0.2, 0.25) is 0 Å². The van der Waals surface area contributed by atoms with Crippen LogP contribution in [-0.2, 0) is 7.05 Å². The summed E-state index contributed by atoms with van der Waals surface area (Å²) in [5, 5.41) is 0. The lowest BCUT2D eigenvalue weighted by Crippen LogP contribution is -2.39. The van der Waals surface area contributed by atoms with E-state index in [-0.39, 0.29) is 5.91 Å². The molecule has 1 aliphatic heterocycles. The van der Waals surface area contributed by atoms with Gasteiger partial charge in [0.25, 0.3) is 5.91 Å². The number of amides is 1. The van der Waals surface area contributed by atoms with Crippen LogP contribution in [0.5, 0.6) is 0 Å². The topological polar surface area (TPSA) is 67.2 Å². The quantitative estimate of drug-likeness (QED) is 0.851. The molecule has 0 unspecified atom stereocenters. The van der Waals surface area contributed by atoms with Gasteiger partial charge in [-0.05, 0) is 31.7 Å². The van der Waals surface area contributed by atoms with Gasteiger partial charge in [-0.15, -0.1) is 0 Å². The van der Waals surface area contributed by atoms with Gasteiger partial charge in [0.15, 0.2) is 0 Å². The molecule has 0 spiro atoms. The van der Waals surface area contributed by atoms with E-state index in [0.717, 1.165) is 44.1 Å². The van der Waals surface area contributed by atoms with Crippen LogP contribution in [0.3, 0.4) is 0 Å². The van der Waals surface area contributed by atoms with Crippen molar-refractivity contribution in [2.75, 3.05) is 31.6 Å². The van der Waals surface area contributed by atoms with Gasteiger partial charge in [-0.1, -0.05) is 0 Å². The molecule has 0 aliphatic carbocycles. The minimum Gasteiger partial charge on any atom is -0.356 e. The normalized spacial score (nSPS) is 15.5. The molecule has 24 heavy (non-hydrogen) atoms. The predicted octanol–water partition coefficient (Wildman–Crippen LogP) is 1.51. The molecule has 7 nitrogen and oxygen atoms in total. The SMILES string of the molecule is Cc1nccc(N2CCC(CN(C)C(=O)c3cn(C)cn3)CC2)n1. The van der Waals surface area contributed by atoms with Crippen molar-refractivity contribution in [3.8, 4) is 0 Å². The highest BCUT2D eigenvalue weighted by Crippen LogP contribution is 2.22. The molecule has 0 aromatic carbocycles. The molecule has 128 valence electrons. The highest BCUT2D eigenvalue weighted by atomic mass is 16.2. The molecule has 7 heteroatoms. The van der Waals surface area contributed by atoms with Crippen LogP contribution in [0.25, 0.3) is 0 Å². The van der Waals surface area contributed by atoms with E-state index in [4.69, 9.17) is 0 Å². The van der Waals surface area contributed by atoms with E-state index < -0.39 is 0 Å². The Labute approximate surface area is 142 Å².